The lowest BCUT2D eigenvalue weighted by molar-refractivity contribution is -0.138. The molecule has 6 fully saturated rings. The Hall–Kier alpha value is -6.13. The molecule has 2 spiro atoms. The fourth-order valence-electron chi connectivity index (χ4n) is 12.3. The molecule has 0 amide bonds. The van der Waals surface area contributed by atoms with E-state index >= 15 is 0 Å². The zero-order valence-electron chi connectivity index (χ0n) is 46.2. The third-order valence-corrected chi connectivity index (χ3v) is 22.5. The number of sulfone groups is 2. The van der Waals surface area contributed by atoms with E-state index in [1.54, 1.807) is 33.6 Å². The summed E-state index contributed by atoms with van der Waals surface area (Å²) in [6, 6.07) is 12.1. The number of aliphatic imine (C=N–C) groups is 1. The van der Waals surface area contributed by atoms with Gasteiger partial charge in [0, 0.05) is 105 Å². The van der Waals surface area contributed by atoms with Gasteiger partial charge in [-0.05, 0) is 73.9 Å². The number of imidazole rings is 2. The van der Waals surface area contributed by atoms with Gasteiger partial charge in [-0.15, -0.1) is 10.2 Å². The molecule has 27 heteroatoms. The van der Waals surface area contributed by atoms with Crippen molar-refractivity contribution >= 4 is 60.3 Å². The summed E-state index contributed by atoms with van der Waals surface area (Å²) in [5.41, 5.74) is 11.0. The van der Waals surface area contributed by atoms with Crippen LogP contribution >= 0.6 is 0 Å². The van der Waals surface area contributed by atoms with Crippen LogP contribution in [-0.4, -0.2) is 181 Å². The van der Waals surface area contributed by atoms with Crippen molar-refractivity contribution in [3.05, 3.63) is 105 Å². The van der Waals surface area contributed by atoms with E-state index in [2.05, 4.69) is 24.6 Å². The molecule has 6 aliphatic heterocycles. The van der Waals surface area contributed by atoms with Gasteiger partial charge >= 0.3 is 12.4 Å². The molecule has 19 nitrogen and oxygen atoms in total. The number of likely N-dealkylation sites (tertiary alicyclic amines) is 2. The Morgan fingerprint density at radius 1 is 0.646 bits per heavy atom. The van der Waals surface area contributed by atoms with E-state index in [-0.39, 0.29) is 35.5 Å². The summed E-state index contributed by atoms with van der Waals surface area (Å²) in [5, 5.41) is 9.80. The summed E-state index contributed by atoms with van der Waals surface area (Å²) < 4.78 is 146. The molecule has 4 aromatic heterocycles. The number of nitrogens with zero attached hydrogens (tertiary/aromatic N) is 12. The van der Waals surface area contributed by atoms with E-state index < -0.39 is 52.6 Å². The highest BCUT2D eigenvalue weighted by atomic mass is 32.2. The molecular weight excluding hydrogens is 1120 g/mol. The van der Waals surface area contributed by atoms with Gasteiger partial charge in [-0.1, -0.05) is 24.3 Å². The van der Waals surface area contributed by atoms with Gasteiger partial charge < -0.3 is 29.9 Å². The van der Waals surface area contributed by atoms with Gasteiger partial charge in [0.25, 0.3) is 0 Å². The average Bonchev–Trinajstić information content (AvgIpc) is 4.36. The molecule has 82 heavy (non-hydrogen) atoms. The molecule has 0 radical (unpaired) electrons. The van der Waals surface area contributed by atoms with Crippen LogP contribution in [0.3, 0.4) is 0 Å². The molecule has 0 bridgehead atoms. The van der Waals surface area contributed by atoms with E-state index in [9.17, 15) is 43.2 Å². The number of aromatic nitrogens is 6. The number of alkyl halides is 6. The smallest absolute Gasteiger partial charge is 0.396 e. The molecule has 6 aliphatic rings. The highest BCUT2D eigenvalue weighted by Crippen LogP contribution is 2.45. The molecule has 6 aromatic rings. The Bertz CT molecular complexity index is 3670. The number of benzene rings is 2. The zero-order chi connectivity index (χ0) is 58.1. The number of ether oxygens (including phenoxy) is 2. The first-order chi connectivity index (χ1) is 38.8. The van der Waals surface area contributed by atoms with Crippen molar-refractivity contribution in [2.24, 2.45) is 4.99 Å². The Kier molecular flexibility index (Phi) is 15.3. The van der Waals surface area contributed by atoms with Crippen molar-refractivity contribution in [2.45, 2.75) is 87.3 Å². The topological polar surface area (TPSA) is 202 Å². The molecule has 12 rings (SSSR count). The Labute approximate surface area is 471 Å². The number of morpholine rings is 2. The van der Waals surface area contributed by atoms with Crippen molar-refractivity contribution in [3.8, 4) is 0 Å². The van der Waals surface area contributed by atoms with Crippen LogP contribution in [0.25, 0.3) is 11.3 Å². The number of halogens is 6. The number of fused-ring (bicyclic) bond motifs is 2. The lowest BCUT2D eigenvalue weighted by Crippen LogP contribution is -2.52. The van der Waals surface area contributed by atoms with Gasteiger partial charge in [-0.2, -0.15) is 26.3 Å². The van der Waals surface area contributed by atoms with Gasteiger partial charge in [0.1, 0.15) is 5.69 Å². The Morgan fingerprint density at radius 2 is 1.09 bits per heavy atom. The average molecular weight is 1180 g/mol. The number of anilines is 3. The van der Waals surface area contributed by atoms with Gasteiger partial charge in [0.2, 0.25) is 0 Å². The molecular formula is C55H67F6N13O6S2. The summed E-state index contributed by atoms with van der Waals surface area (Å²) in [7, 11) is -2.50. The maximum atomic E-state index is 13.8. The second-order valence-corrected chi connectivity index (χ2v) is 27.7. The number of nitrogen functional groups attached to an aromatic ring is 1. The molecule has 2 unspecified atom stereocenters. The summed E-state index contributed by atoms with van der Waals surface area (Å²) >= 11 is 0. The van der Waals surface area contributed by atoms with Crippen LogP contribution in [0.5, 0.6) is 0 Å². The van der Waals surface area contributed by atoms with Crippen molar-refractivity contribution in [3.63, 3.8) is 0 Å². The predicted octanol–water partition coefficient (Wildman–Crippen LogP) is 6.30. The molecule has 6 saturated heterocycles. The summed E-state index contributed by atoms with van der Waals surface area (Å²) in [5.74, 6) is 1.76. The normalized spacial score (nSPS) is 23.0. The van der Waals surface area contributed by atoms with Crippen LogP contribution in [0.2, 0.25) is 0 Å². The summed E-state index contributed by atoms with van der Waals surface area (Å²) in [4.78, 5) is 24.6. The first-order valence-electron chi connectivity index (χ1n) is 27.5. The molecule has 442 valence electrons. The van der Waals surface area contributed by atoms with E-state index in [1.807, 2.05) is 25.1 Å². The van der Waals surface area contributed by atoms with Gasteiger partial charge in [-0.3, -0.25) is 9.80 Å². The van der Waals surface area contributed by atoms with Gasteiger partial charge in [0.05, 0.1) is 93.4 Å². The molecule has 0 saturated carbocycles. The van der Waals surface area contributed by atoms with Crippen LogP contribution in [0, 0.1) is 13.8 Å². The maximum Gasteiger partial charge on any atom is 0.416 e. The Balaban J connectivity index is 0.000000173. The van der Waals surface area contributed by atoms with E-state index in [0.29, 0.717) is 186 Å². The quantitative estimate of drug-likeness (QED) is 0.0812. The van der Waals surface area contributed by atoms with Crippen LogP contribution in [0.15, 0.2) is 53.5 Å². The second-order valence-electron chi connectivity index (χ2n) is 22.7. The molecule has 0 aliphatic carbocycles. The minimum absolute atomic E-state index is 0.156. The lowest BCUT2D eigenvalue weighted by Gasteiger charge is -2.37. The lowest BCUT2D eigenvalue weighted by atomic mass is 9.98. The molecule has 2 N–H and O–H groups in total. The first kappa shape index (κ1) is 57.7. The van der Waals surface area contributed by atoms with E-state index in [4.69, 9.17) is 35.4 Å². The number of nitrogens with two attached hydrogens (primary N) is 1. The van der Waals surface area contributed by atoms with E-state index in [1.165, 1.54) is 26.0 Å². The van der Waals surface area contributed by atoms with Crippen molar-refractivity contribution in [1.29, 1.82) is 0 Å². The fraction of sp³-hybridized carbons (Fsp3) is 0.545. The molecule has 2 aromatic carbocycles. The standard InChI is InChI=1S/C29H36F3N7O3S.C26H31F3N6O3S/c1-20-21(5-4-6-22(20)29(30,31)32)15-25-24(17-37-9-7-28(18-37)8-14-43(28,40)41)34-27-23(33-19-36(2)3)16-26(35-39(25)27)38-10-12-42-13-11-38;1-17-18(3-2-4-19(17)26(27,28)29)13-22-21(15-33-7-5-25(16-33)6-12-39(25,36)37)31-24-20(30)14-23(32-35(22)24)34-8-10-38-11-9-34/h4-6,16,19H,7-15,17-18H2,1-3H3;2-4,14H,5-13,15-16,30H2,1H3. The van der Waals surface area contributed by atoms with Crippen LogP contribution in [0.4, 0.5) is 49.4 Å². The Morgan fingerprint density at radius 3 is 1.49 bits per heavy atom. The highest BCUT2D eigenvalue weighted by Gasteiger charge is 2.56. The van der Waals surface area contributed by atoms with Crippen molar-refractivity contribution in [1.82, 2.24) is 43.9 Å². The van der Waals surface area contributed by atoms with Crippen LogP contribution in [0.1, 0.15) is 81.8 Å². The highest BCUT2D eigenvalue weighted by molar-refractivity contribution is 7.94. The minimum Gasteiger partial charge on any atom is -0.396 e. The van der Waals surface area contributed by atoms with Crippen molar-refractivity contribution < 1.29 is 52.7 Å². The summed E-state index contributed by atoms with van der Waals surface area (Å²) in [6.07, 6.45) is -4.47. The first-order valence-corrected chi connectivity index (χ1v) is 30.8. The predicted molar refractivity (Wildman–Crippen MR) is 298 cm³/mol. The third kappa shape index (κ3) is 11.0. The third-order valence-electron chi connectivity index (χ3n) is 17.3. The monoisotopic (exact) mass is 1180 g/mol. The fourth-order valence-corrected chi connectivity index (χ4v) is 16.1. The van der Waals surface area contributed by atoms with Crippen LogP contribution < -0.4 is 15.5 Å². The number of hydrogen-bond acceptors (Lipinski definition) is 16. The van der Waals surface area contributed by atoms with Crippen molar-refractivity contribution in [2.75, 3.05) is 120 Å². The largest absolute Gasteiger partial charge is 0.416 e. The van der Waals surface area contributed by atoms with Gasteiger partial charge in [0.15, 0.2) is 42.6 Å². The van der Waals surface area contributed by atoms with Gasteiger partial charge in [-0.25, -0.2) is 40.8 Å². The minimum atomic E-state index is -4.48. The number of hydrogen-bond donors (Lipinski definition) is 1. The molecule has 10 heterocycles. The SMILES string of the molecule is Cc1c(Cc2c(CN3CCC4(CCS4(=O)=O)C3)nc3c(N)cc(N4CCOCC4)nn23)cccc1C(F)(F)F.Cc1c(Cc2c(CN3CCC4(CCS4(=O)=O)C3)nc3c(N=CN(C)C)cc(N4CCOCC4)nn23)cccc1C(F)(F)F. The zero-order valence-corrected chi connectivity index (χ0v) is 47.9. The second kappa shape index (κ2) is 21.8. The maximum absolute atomic E-state index is 13.8. The van der Waals surface area contributed by atoms with E-state index in [0.717, 1.165) is 12.1 Å². The number of rotatable bonds is 12. The molecule has 2 atom stereocenters. The van der Waals surface area contributed by atoms with Crippen LogP contribution in [-0.2, 0) is 67.4 Å². The summed E-state index contributed by atoms with van der Waals surface area (Å²) in [6.45, 7) is 10.6.